The topological polar surface area (TPSA) is 52.7 Å². The van der Waals surface area contributed by atoms with Crippen molar-refractivity contribution in [3.8, 4) is 0 Å². The minimum absolute atomic E-state index is 0.0459. The summed E-state index contributed by atoms with van der Waals surface area (Å²) in [6.45, 7) is 5.39. The van der Waals surface area contributed by atoms with Crippen LogP contribution < -0.4 is 5.32 Å². The first kappa shape index (κ1) is 13.3. The smallest absolute Gasteiger partial charge is 0.241 e. The third-order valence-electron chi connectivity index (χ3n) is 4.35. The zero-order valence-electron chi connectivity index (χ0n) is 11.4. The molecule has 0 spiro atoms. The molecule has 2 aliphatic rings. The van der Waals surface area contributed by atoms with Gasteiger partial charge in [0.05, 0.1) is 12.0 Å². The van der Waals surface area contributed by atoms with Crippen LogP contribution in [0.2, 0.25) is 0 Å². The van der Waals surface area contributed by atoms with Gasteiger partial charge < -0.3 is 15.1 Å². The SMILES string of the molecule is CCC1(C(=O)N2CCN(C)C(=O)C2)CCCNC1. The van der Waals surface area contributed by atoms with E-state index >= 15 is 0 Å². The molecular formula is C13H23N3O2. The molecular weight excluding hydrogens is 230 g/mol. The fourth-order valence-electron chi connectivity index (χ4n) is 2.87. The summed E-state index contributed by atoms with van der Waals surface area (Å²) in [5.74, 6) is 0.211. The molecule has 0 aromatic carbocycles. The predicted molar refractivity (Wildman–Crippen MR) is 69.0 cm³/mol. The molecule has 0 saturated carbocycles. The molecule has 5 heteroatoms. The van der Waals surface area contributed by atoms with E-state index in [1.165, 1.54) is 0 Å². The predicted octanol–water partition coefficient (Wildman–Crippen LogP) is 0.0668. The summed E-state index contributed by atoms with van der Waals surface area (Å²) in [5, 5.41) is 3.32. The van der Waals surface area contributed by atoms with Gasteiger partial charge in [-0.3, -0.25) is 9.59 Å². The standard InChI is InChI=1S/C13H23N3O2/c1-3-13(5-4-6-14-10-13)12(18)16-8-7-15(2)11(17)9-16/h14H,3-10H2,1-2H3. The highest BCUT2D eigenvalue weighted by Crippen LogP contribution is 2.32. The van der Waals surface area contributed by atoms with Crippen LogP contribution in [0.3, 0.4) is 0 Å². The molecule has 2 saturated heterocycles. The zero-order chi connectivity index (χ0) is 13.2. The second kappa shape index (κ2) is 5.26. The molecule has 1 unspecified atom stereocenters. The van der Waals surface area contributed by atoms with Crippen molar-refractivity contribution >= 4 is 11.8 Å². The summed E-state index contributed by atoms with van der Waals surface area (Å²) in [6.07, 6.45) is 2.83. The molecule has 0 aliphatic carbocycles. The number of carbonyl (C=O) groups excluding carboxylic acids is 2. The number of carbonyl (C=O) groups is 2. The molecule has 5 nitrogen and oxygen atoms in total. The maximum absolute atomic E-state index is 12.7. The number of hydrogen-bond acceptors (Lipinski definition) is 3. The van der Waals surface area contributed by atoms with Crippen molar-refractivity contribution in [2.75, 3.05) is 39.8 Å². The van der Waals surface area contributed by atoms with Crippen molar-refractivity contribution in [3.05, 3.63) is 0 Å². The average Bonchev–Trinajstić information content (AvgIpc) is 2.42. The van der Waals surface area contributed by atoms with Crippen LogP contribution >= 0.6 is 0 Å². The van der Waals surface area contributed by atoms with Crippen molar-refractivity contribution in [3.63, 3.8) is 0 Å². The molecule has 2 rings (SSSR count). The highest BCUT2D eigenvalue weighted by atomic mass is 16.2. The third-order valence-corrected chi connectivity index (χ3v) is 4.35. The number of piperidine rings is 1. The molecule has 0 radical (unpaired) electrons. The van der Waals surface area contributed by atoms with Gasteiger partial charge in [-0.1, -0.05) is 6.92 Å². The lowest BCUT2D eigenvalue weighted by atomic mass is 9.77. The van der Waals surface area contributed by atoms with Gasteiger partial charge in [0.2, 0.25) is 11.8 Å². The number of amides is 2. The lowest BCUT2D eigenvalue weighted by molar-refractivity contribution is -0.152. The van der Waals surface area contributed by atoms with E-state index in [1.807, 2.05) is 0 Å². The highest BCUT2D eigenvalue weighted by molar-refractivity contribution is 5.89. The van der Waals surface area contributed by atoms with Gasteiger partial charge in [-0.15, -0.1) is 0 Å². The monoisotopic (exact) mass is 253 g/mol. The number of nitrogens with zero attached hydrogens (tertiary/aromatic N) is 2. The Kier molecular flexibility index (Phi) is 3.90. The van der Waals surface area contributed by atoms with Gasteiger partial charge >= 0.3 is 0 Å². The number of piperazine rings is 1. The van der Waals surface area contributed by atoms with Crippen LogP contribution in [0.1, 0.15) is 26.2 Å². The molecule has 1 N–H and O–H groups in total. The number of nitrogens with one attached hydrogen (secondary N) is 1. The molecule has 2 amide bonds. The van der Waals surface area contributed by atoms with Crippen LogP contribution in [0.4, 0.5) is 0 Å². The molecule has 2 aliphatic heterocycles. The summed E-state index contributed by atoms with van der Waals surface area (Å²) in [6, 6.07) is 0. The van der Waals surface area contributed by atoms with Crippen LogP contribution in [0, 0.1) is 5.41 Å². The Morgan fingerprint density at radius 3 is 2.78 bits per heavy atom. The van der Waals surface area contributed by atoms with Gasteiger partial charge in [0, 0.05) is 26.7 Å². The minimum Gasteiger partial charge on any atom is -0.342 e. The van der Waals surface area contributed by atoms with Crippen molar-refractivity contribution in [2.24, 2.45) is 5.41 Å². The normalized spacial score (nSPS) is 29.6. The van der Waals surface area contributed by atoms with E-state index in [9.17, 15) is 9.59 Å². The van der Waals surface area contributed by atoms with Crippen molar-refractivity contribution in [2.45, 2.75) is 26.2 Å². The molecule has 18 heavy (non-hydrogen) atoms. The van der Waals surface area contributed by atoms with Crippen molar-refractivity contribution in [1.82, 2.24) is 15.1 Å². The van der Waals surface area contributed by atoms with Gasteiger partial charge in [-0.25, -0.2) is 0 Å². The fourth-order valence-corrected chi connectivity index (χ4v) is 2.87. The van der Waals surface area contributed by atoms with Gasteiger partial charge in [0.25, 0.3) is 0 Å². The Morgan fingerprint density at radius 2 is 2.22 bits per heavy atom. The Labute approximate surface area is 108 Å². The van der Waals surface area contributed by atoms with Gasteiger partial charge in [0.15, 0.2) is 0 Å². The number of rotatable bonds is 2. The summed E-state index contributed by atoms with van der Waals surface area (Å²) in [7, 11) is 1.79. The molecule has 0 bridgehead atoms. The molecule has 0 aromatic heterocycles. The second-order valence-corrected chi connectivity index (χ2v) is 5.46. The Bertz CT molecular complexity index is 337. The molecule has 102 valence electrons. The number of likely N-dealkylation sites (N-methyl/N-ethyl adjacent to an activating group) is 1. The van der Waals surface area contributed by atoms with Crippen LogP contribution in [0.15, 0.2) is 0 Å². The third kappa shape index (κ3) is 2.36. The number of hydrogen-bond donors (Lipinski definition) is 1. The van der Waals surface area contributed by atoms with Crippen LogP contribution in [0.5, 0.6) is 0 Å². The van der Waals surface area contributed by atoms with E-state index in [0.29, 0.717) is 13.1 Å². The van der Waals surface area contributed by atoms with E-state index in [-0.39, 0.29) is 23.8 Å². The van der Waals surface area contributed by atoms with Gasteiger partial charge in [0.1, 0.15) is 0 Å². The van der Waals surface area contributed by atoms with Gasteiger partial charge in [-0.2, -0.15) is 0 Å². The molecule has 2 fully saturated rings. The first-order valence-electron chi connectivity index (χ1n) is 6.83. The first-order valence-corrected chi connectivity index (χ1v) is 6.83. The molecule has 2 heterocycles. The van der Waals surface area contributed by atoms with E-state index in [4.69, 9.17) is 0 Å². The van der Waals surface area contributed by atoms with E-state index in [1.54, 1.807) is 16.8 Å². The van der Waals surface area contributed by atoms with Gasteiger partial charge in [-0.05, 0) is 25.8 Å². The highest BCUT2D eigenvalue weighted by Gasteiger charge is 2.41. The summed E-state index contributed by atoms with van der Waals surface area (Å²) >= 11 is 0. The zero-order valence-corrected chi connectivity index (χ0v) is 11.4. The maximum atomic E-state index is 12.7. The van der Waals surface area contributed by atoms with Crippen molar-refractivity contribution < 1.29 is 9.59 Å². The maximum Gasteiger partial charge on any atom is 0.241 e. The van der Waals surface area contributed by atoms with E-state index in [2.05, 4.69) is 12.2 Å². The fraction of sp³-hybridized carbons (Fsp3) is 0.846. The Hall–Kier alpha value is -1.10. The largest absolute Gasteiger partial charge is 0.342 e. The Balaban J connectivity index is 2.07. The van der Waals surface area contributed by atoms with Crippen molar-refractivity contribution in [1.29, 1.82) is 0 Å². The molecule has 0 aromatic rings. The van der Waals surface area contributed by atoms with Crippen LogP contribution in [0.25, 0.3) is 0 Å². The molecule has 1 atom stereocenters. The summed E-state index contributed by atoms with van der Waals surface area (Å²) in [5.41, 5.74) is -0.283. The summed E-state index contributed by atoms with van der Waals surface area (Å²) < 4.78 is 0. The summed E-state index contributed by atoms with van der Waals surface area (Å²) in [4.78, 5) is 27.8. The first-order chi connectivity index (χ1) is 8.59. The van der Waals surface area contributed by atoms with Crippen LogP contribution in [-0.2, 0) is 9.59 Å². The quantitative estimate of drug-likeness (QED) is 0.757. The minimum atomic E-state index is -0.283. The average molecular weight is 253 g/mol. The lowest BCUT2D eigenvalue weighted by Crippen LogP contribution is -2.57. The van der Waals surface area contributed by atoms with E-state index < -0.39 is 0 Å². The lowest BCUT2D eigenvalue weighted by Gasteiger charge is -2.41. The Morgan fingerprint density at radius 1 is 1.44 bits per heavy atom. The van der Waals surface area contributed by atoms with E-state index in [0.717, 1.165) is 32.4 Å². The second-order valence-electron chi connectivity index (χ2n) is 5.46. The van der Waals surface area contributed by atoms with Crippen LogP contribution in [-0.4, -0.2) is 61.4 Å².